The Morgan fingerprint density at radius 3 is 3.00 bits per heavy atom. The van der Waals surface area contributed by atoms with Crippen molar-refractivity contribution in [3.63, 3.8) is 0 Å². The molecule has 1 atom stereocenters. The van der Waals surface area contributed by atoms with Crippen LogP contribution in [0.2, 0.25) is 0 Å². The monoisotopic (exact) mass is 235 g/mol. The minimum absolute atomic E-state index is 0.112. The van der Waals surface area contributed by atoms with Gasteiger partial charge in [0.1, 0.15) is 5.82 Å². The fourth-order valence-electron chi connectivity index (χ4n) is 1.62. The summed E-state index contributed by atoms with van der Waals surface area (Å²) in [4.78, 5) is 6.33. The van der Waals surface area contributed by atoms with Crippen LogP contribution < -0.4 is 10.2 Å². The van der Waals surface area contributed by atoms with Crippen LogP contribution in [-0.2, 0) is 0 Å². The van der Waals surface area contributed by atoms with Crippen LogP contribution >= 0.6 is 0 Å². The molecule has 1 unspecified atom stereocenters. The molecular weight excluding hydrogens is 214 g/mol. The molecule has 17 heavy (non-hydrogen) atoms. The Bertz CT molecular complexity index is 354. The summed E-state index contributed by atoms with van der Waals surface area (Å²) in [6.45, 7) is 7.18. The van der Waals surface area contributed by atoms with Crippen LogP contribution in [0.3, 0.4) is 0 Å². The second-order valence-electron chi connectivity index (χ2n) is 3.92. The molecule has 0 aromatic carbocycles. The predicted octanol–water partition coefficient (Wildman–Crippen LogP) is 1.35. The third-order valence-electron chi connectivity index (χ3n) is 2.75. The van der Waals surface area contributed by atoms with Crippen molar-refractivity contribution >= 4 is 5.82 Å². The van der Waals surface area contributed by atoms with Crippen LogP contribution in [-0.4, -0.2) is 36.8 Å². The lowest BCUT2D eigenvalue weighted by Gasteiger charge is -2.22. The molecular formula is C13H21N3O. The normalized spacial score (nSPS) is 12.2. The number of hydrogen-bond acceptors (Lipinski definition) is 4. The Labute approximate surface area is 103 Å². The smallest absolute Gasteiger partial charge is 0.129 e. The molecule has 0 fully saturated rings. The molecule has 1 aromatic rings. The van der Waals surface area contributed by atoms with Crippen LogP contribution in [0.4, 0.5) is 5.82 Å². The van der Waals surface area contributed by atoms with Gasteiger partial charge >= 0.3 is 0 Å². The first kappa shape index (κ1) is 13.7. The lowest BCUT2D eigenvalue weighted by atomic mass is 10.1. The van der Waals surface area contributed by atoms with Crippen molar-refractivity contribution in [1.29, 1.82) is 0 Å². The van der Waals surface area contributed by atoms with E-state index < -0.39 is 0 Å². The lowest BCUT2D eigenvalue weighted by molar-refractivity contribution is 0.302. The van der Waals surface area contributed by atoms with Gasteiger partial charge in [0.25, 0.3) is 0 Å². The first-order valence-corrected chi connectivity index (χ1v) is 5.82. The molecule has 0 amide bonds. The second-order valence-corrected chi connectivity index (χ2v) is 3.92. The maximum absolute atomic E-state index is 9.03. The van der Waals surface area contributed by atoms with Gasteiger partial charge in [0.05, 0.1) is 6.61 Å². The number of pyridine rings is 1. The van der Waals surface area contributed by atoms with Gasteiger partial charge in [-0.2, -0.15) is 0 Å². The van der Waals surface area contributed by atoms with Gasteiger partial charge in [-0.25, -0.2) is 4.98 Å². The summed E-state index contributed by atoms with van der Waals surface area (Å²) in [5, 5.41) is 12.2. The number of aliphatic hydroxyl groups excluding tert-OH is 1. The minimum atomic E-state index is 0.112. The topological polar surface area (TPSA) is 48.4 Å². The number of rotatable bonds is 7. The van der Waals surface area contributed by atoms with Crippen molar-refractivity contribution in [3.8, 4) is 0 Å². The van der Waals surface area contributed by atoms with Crippen molar-refractivity contribution in [2.45, 2.75) is 13.0 Å². The van der Waals surface area contributed by atoms with Gasteiger partial charge in [-0.3, -0.25) is 0 Å². The largest absolute Gasteiger partial charge is 0.395 e. The molecule has 0 aliphatic rings. The summed E-state index contributed by atoms with van der Waals surface area (Å²) in [7, 11) is 1.93. The summed E-state index contributed by atoms with van der Waals surface area (Å²) in [6.07, 6.45) is 3.61. The molecule has 0 aliphatic heterocycles. The number of nitrogens with zero attached hydrogens (tertiary/aromatic N) is 2. The van der Waals surface area contributed by atoms with E-state index in [1.54, 1.807) is 6.20 Å². The number of hydrogen-bond donors (Lipinski definition) is 2. The van der Waals surface area contributed by atoms with E-state index in [0.29, 0.717) is 13.1 Å². The third kappa shape index (κ3) is 3.84. The van der Waals surface area contributed by atoms with Crippen molar-refractivity contribution in [3.05, 3.63) is 36.5 Å². The van der Waals surface area contributed by atoms with Crippen LogP contribution in [0.5, 0.6) is 0 Å². The zero-order valence-electron chi connectivity index (χ0n) is 10.6. The van der Waals surface area contributed by atoms with Crippen LogP contribution in [0.15, 0.2) is 31.0 Å². The van der Waals surface area contributed by atoms with Gasteiger partial charge in [-0.1, -0.05) is 6.08 Å². The quantitative estimate of drug-likeness (QED) is 0.700. The molecule has 1 heterocycles. The molecule has 4 nitrogen and oxygen atoms in total. The summed E-state index contributed by atoms with van der Waals surface area (Å²) >= 11 is 0. The number of aliphatic hydroxyl groups is 1. The van der Waals surface area contributed by atoms with Gasteiger partial charge in [-0.15, -0.1) is 6.58 Å². The standard InChI is InChI=1S/C13H21N3O/c1-4-7-16(8-9-17)13-10-12(5-6-15-13)11(2)14-3/h4-6,10-11,14,17H,1,7-9H2,2-3H3. The number of anilines is 1. The fraction of sp³-hybridized carbons (Fsp3) is 0.462. The summed E-state index contributed by atoms with van der Waals surface area (Å²) in [6, 6.07) is 4.33. The molecule has 0 aliphatic carbocycles. The van der Waals surface area contributed by atoms with Crippen molar-refractivity contribution in [1.82, 2.24) is 10.3 Å². The van der Waals surface area contributed by atoms with E-state index in [1.807, 2.05) is 30.2 Å². The molecule has 1 aromatic heterocycles. The first-order valence-electron chi connectivity index (χ1n) is 5.82. The predicted molar refractivity (Wildman–Crippen MR) is 71.2 cm³/mol. The lowest BCUT2D eigenvalue weighted by Crippen LogP contribution is -2.27. The van der Waals surface area contributed by atoms with Crippen LogP contribution in [0.25, 0.3) is 0 Å². The van der Waals surface area contributed by atoms with Crippen LogP contribution in [0, 0.1) is 0 Å². The second kappa shape index (κ2) is 7.04. The van der Waals surface area contributed by atoms with Crippen molar-refractivity contribution < 1.29 is 5.11 Å². The van der Waals surface area contributed by atoms with Crippen molar-refractivity contribution in [2.24, 2.45) is 0 Å². The highest BCUT2D eigenvalue weighted by Gasteiger charge is 2.08. The zero-order valence-corrected chi connectivity index (χ0v) is 10.6. The molecule has 0 spiro atoms. The molecule has 0 radical (unpaired) electrons. The van der Waals surface area contributed by atoms with E-state index in [9.17, 15) is 0 Å². The highest BCUT2D eigenvalue weighted by atomic mass is 16.3. The molecule has 0 saturated carbocycles. The maximum atomic E-state index is 9.03. The Balaban J connectivity index is 2.90. The summed E-state index contributed by atoms with van der Waals surface area (Å²) in [5.74, 6) is 0.874. The average Bonchev–Trinajstić information content (AvgIpc) is 2.37. The molecule has 4 heteroatoms. The van der Waals surface area contributed by atoms with E-state index >= 15 is 0 Å². The van der Waals surface area contributed by atoms with Gasteiger partial charge in [0, 0.05) is 25.3 Å². The molecule has 94 valence electrons. The highest BCUT2D eigenvalue weighted by molar-refractivity contribution is 5.42. The number of aromatic nitrogens is 1. The van der Waals surface area contributed by atoms with Gasteiger partial charge in [0.15, 0.2) is 0 Å². The SMILES string of the molecule is C=CCN(CCO)c1cc(C(C)NC)ccn1. The van der Waals surface area contributed by atoms with Gasteiger partial charge < -0.3 is 15.3 Å². The van der Waals surface area contributed by atoms with Gasteiger partial charge in [-0.05, 0) is 31.7 Å². The van der Waals surface area contributed by atoms with E-state index in [-0.39, 0.29) is 12.6 Å². The van der Waals surface area contributed by atoms with Crippen molar-refractivity contribution in [2.75, 3.05) is 31.6 Å². The summed E-state index contributed by atoms with van der Waals surface area (Å²) in [5.41, 5.74) is 1.18. The zero-order chi connectivity index (χ0) is 12.7. The Hall–Kier alpha value is -1.39. The minimum Gasteiger partial charge on any atom is -0.395 e. The van der Waals surface area contributed by atoms with E-state index in [2.05, 4.69) is 23.8 Å². The maximum Gasteiger partial charge on any atom is 0.129 e. The molecule has 2 N–H and O–H groups in total. The number of nitrogens with one attached hydrogen (secondary N) is 1. The highest BCUT2D eigenvalue weighted by Crippen LogP contribution is 2.17. The average molecular weight is 235 g/mol. The Morgan fingerprint density at radius 2 is 2.41 bits per heavy atom. The van der Waals surface area contributed by atoms with Gasteiger partial charge in [0.2, 0.25) is 0 Å². The van der Waals surface area contributed by atoms with E-state index in [4.69, 9.17) is 5.11 Å². The summed E-state index contributed by atoms with van der Waals surface area (Å²) < 4.78 is 0. The molecule has 1 rings (SSSR count). The Kier molecular flexibility index (Phi) is 5.66. The first-order chi connectivity index (χ1) is 8.22. The van der Waals surface area contributed by atoms with E-state index in [0.717, 1.165) is 5.82 Å². The van der Waals surface area contributed by atoms with Crippen LogP contribution in [0.1, 0.15) is 18.5 Å². The third-order valence-corrected chi connectivity index (χ3v) is 2.75. The Morgan fingerprint density at radius 1 is 1.65 bits per heavy atom. The molecule has 0 bridgehead atoms. The fourth-order valence-corrected chi connectivity index (χ4v) is 1.62. The molecule has 0 saturated heterocycles. The van der Waals surface area contributed by atoms with E-state index in [1.165, 1.54) is 5.56 Å².